The molecule has 0 aliphatic rings. The molecule has 0 aliphatic carbocycles. The zero-order valence-electron chi connectivity index (χ0n) is 10.7. The molecule has 0 aromatic heterocycles. The van der Waals surface area contributed by atoms with Crippen molar-refractivity contribution in [1.82, 2.24) is 5.32 Å². The van der Waals surface area contributed by atoms with Crippen LogP contribution in [0.1, 0.15) is 48.0 Å². The zero-order valence-corrected chi connectivity index (χ0v) is 10.7. The third-order valence-corrected chi connectivity index (χ3v) is 2.05. The molecule has 0 amide bonds. The molecule has 86 valence electrons. The van der Waals surface area contributed by atoms with Gasteiger partial charge in [0.25, 0.3) is 0 Å². The van der Waals surface area contributed by atoms with Crippen LogP contribution in [0.2, 0.25) is 0 Å². The van der Waals surface area contributed by atoms with Gasteiger partial charge in [-0.05, 0) is 26.2 Å². The Bertz CT molecular complexity index is 141. The number of hydrogen-bond acceptors (Lipinski definition) is 2. The van der Waals surface area contributed by atoms with E-state index in [1.165, 1.54) is 0 Å². The van der Waals surface area contributed by atoms with E-state index in [2.05, 4.69) is 46.9 Å². The van der Waals surface area contributed by atoms with Crippen molar-refractivity contribution in [2.45, 2.75) is 59.6 Å². The van der Waals surface area contributed by atoms with Gasteiger partial charge in [0.2, 0.25) is 0 Å². The molecule has 0 atom stereocenters. The van der Waals surface area contributed by atoms with E-state index in [9.17, 15) is 0 Å². The number of hydrogen-bond donors (Lipinski definition) is 1. The first kappa shape index (κ1) is 13.9. The van der Waals surface area contributed by atoms with Crippen LogP contribution in [-0.2, 0) is 4.74 Å². The standard InChI is InChI=1S/C12H27NO/c1-10(2)9-12(5,6)14-8-7-13-11(3)4/h10-11,13H,7-9H2,1-6H3. The highest BCUT2D eigenvalue weighted by atomic mass is 16.5. The molecule has 1 N–H and O–H groups in total. The predicted octanol–water partition coefficient (Wildman–Crippen LogP) is 2.83. The molecular formula is C12H27NO. The third kappa shape index (κ3) is 8.52. The fourth-order valence-corrected chi connectivity index (χ4v) is 1.72. The maximum atomic E-state index is 5.83. The Morgan fingerprint density at radius 2 is 1.71 bits per heavy atom. The fourth-order valence-electron chi connectivity index (χ4n) is 1.72. The molecule has 0 aromatic carbocycles. The Hall–Kier alpha value is -0.0800. The zero-order chi connectivity index (χ0) is 11.2. The summed E-state index contributed by atoms with van der Waals surface area (Å²) in [6.07, 6.45) is 1.12. The van der Waals surface area contributed by atoms with E-state index in [4.69, 9.17) is 4.74 Å². The second-order valence-electron chi connectivity index (χ2n) is 5.31. The Morgan fingerprint density at radius 1 is 1.14 bits per heavy atom. The monoisotopic (exact) mass is 201 g/mol. The lowest BCUT2D eigenvalue weighted by atomic mass is 9.96. The van der Waals surface area contributed by atoms with Gasteiger partial charge in [0.05, 0.1) is 12.2 Å². The van der Waals surface area contributed by atoms with Crippen LogP contribution in [0, 0.1) is 5.92 Å². The van der Waals surface area contributed by atoms with Gasteiger partial charge in [-0.15, -0.1) is 0 Å². The summed E-state index contributed by atoms with van der Waals surface area (Å²) in [7, 11) is 0. The minimum absolute atomic E-state index is 0.0207. The Balaban J connectivity index is 3.55. The molecule has 0 fully saturated rings. The molecule has 0 saturated carbocycles. The first-order chi connectivity index (χ1) is 6.33. The summed E-state index contributed by atoms with van der Waals surface area (Å²) in [6, 6.07) is 0.548. The van der Waals surface area contributed by atoms with Gasteiger partial charge in [-0.2, -0.15) is 0 Å². The molecule has 2 heteroatoms. The molecule has 0 rings (SSSR count). The first-order valence-corrected chi connectivity index (χ1v) is 5.71. The van der Waals surface area contributed by atoms with Crippen LogP contribution in [0.3, 0.4) is 0 Å². The molecule has 2 nitrogen and oxygen atoms in total. The number of nitrogens with one attached hydrogen (secondary N) is 1. The van der Waals surface area contributed by atoms with Crippen LogP contribution in [-0.4, -0.2) is 24.8 Å². The van der Waals surface area contributed by atoms with Crippen molar-refractivity contribution in [2.24, 2.45) is 5.92 Å². The highest BCUT2D eigenvalue weighted by molar-refractivity contribution is 4.70. The summed E-state index contributed by atoms with van der Waals surface area (Å²) in [6.45, 7) is 14.9. The van der Waals surface area contributed by atoms with Crippen LogP contribution in [0.15, 0.2) is 0 Å². The van der Waals surface area contributed by atoms with E-state index >= 15 is 0 Å². The van der Waals surface area contributed by atoms with Crippen LogP contribution >= 0.6 is 0 Å². The van der Waals surface area contributed by atoms with Crippen molar-refractivity contribution in [3.05, 3.63) is 0 Å². The lowest BCUT2D eigenvalue weighted by molar-refractivity contribution is -0.0298. The highest BCUT2D eigenvalue weighted by Gasteiger charge is 2.19. The van der Waals surface area contributed by atoms with E-state index in [0.29, 0.717) is 12.0 Å². The minimum Gasteiger partial charge on any atom is -0.374 e. The van der Waals surface area contributed by atoms with E-state index in [1.54, 1.807) is 0 Å². The van der Waals surface area contributed by atoms with E-state index in [1.807, 2.05) is 0 Å². The van der Waals surface area contributed by atoms with Gasteiger partial charge in [-0.25, -0.2) is 0 Å². The smallest absolute Gasteiger partial charge is 0.0629 e. The molecule has 0 aliphatic heterocycles. The Kier molecular flexibility index (Phi) is 6.38. The summed E-state index contributed by atoms with van der Waals surface area (Å²) in [4.78, 5) is 0. The molecule has 0 unspecified atom stereocenters. The highest BCUT2D eigenvalue weighted by Crippen LogP contribution is 2.19. The molecule has 0 bridgehead atoms. The lowest BCUT2D eigenvalue weighted by Crippen LogP contribution is -2.32. The van der Waals surface area contributed by atoms with Gasteiger partial charge in [0.15, 0.2) is 0 Å². The largest absolute Gasteiger partial charge is 0.374 e. The van der Waals surface area contributed by atoms with Gasteiger partial charge < -0.3 is 10.1 Å². The maximum Gasteiger partial charge on any atom is 0.0629 e. The number of rotatable bonds is 7. The second kappa shape index (κ2) is 6.41. The Morgan fingerprint density at radius 3 is 2.14 bits per heavy atom. The van der Waals surface area contributed by atoms with E-state index < -0.39 is 0 Å². The van der Waals surface area contributed by atoms with Crippen molar-refractivity contribution in [2.75, 3.05) is 13.2 Å². The molecule has 0 spiro atoms. The maximum absolute atomic E-state index is 5.83. The van der Waals surface area contributed by atoms with Gasteiger partial charge in [-0.3, -0.25) is 0 Å². The van der Waals surface area contributed by atoms with Gasteiger partial charge in [0, 0.05) is 12.6 Å². The van der Waals surface area contributed by atoms with Crippen LogP contribution in [0.5, 0.6) is 0 Å². The van der Waals surface area contributed by atoms with Crippen LogP contribution in [0.4, 0.5) is 0 Å². The van der Waals surface area contributed by atoms with Gasteiger partial charge in [0.1, 0.15) is 0 Å². The average molecular weight is 201 g/mol. The van der Waals surface area contributed by atoms with Crippen LogP contribution in [0.25, 0.3) is 0 Å². The molecule has 0 heterocycles. The van der Waals surface area contributed by atoms with Gasteiger partial charge in [-0.1, -0.05) is 27.7 Å². The van der Waals surface area contributed by atoms with Crippen molar-refractivity contribution in [1.29, 1.82) is 0 Å². The third-order valence-electron chi connectivity index (χ3n) is 2.05. The topological polar surface area (TPSA) is 21.3 Å². The summed E-state index contributed by atoms with van der Waals surface area (Å²) >= 11 is 0. The van der Waals surface area contributed by atoms with Crippen molar-refractivity contribution >= 4 is 0 Å². The SMILES string of the molecule is CC(C)CC(C)(C)OCCNC(C)C. The molecule has 0 aromatic rings. The summed E-state index contributed by atoms with van der Waals surface area (Å²) in [5, 5.41) is 3.35. The summed E-state index contributed by atoms with van der Waals surface area (Å²) in [5.74, 6) is 0.697. The van der Waals surface area contributed by atoms with Crippen molar-refractivity contribution < 1.29 is 4.74 Å². The molecular weight excluding hydrogens is 174 g/mol. The summed E-state index contributed by atoms with van der Waals surface area (Å²) in [5.41, 5.74) is 0.0207. The number of ether oxygens (including phenoxy) is 1. The quantitative estimate of drug-likeness (QED) is 0.640. The molecule has 0 saturated heterocycles. The minimum atomic E-state index is 0.0207. The van der Waals surface area contributed by atoms with E-state index in [0.717, 1.165) is 19.6 Å². The normalized spacial score (nSPS) is 12.9. The van der Waals surface area contributed by atoms with E-state index in [-0.39, 0.29) is 5.60 Å². The van der Waals surface area contributed by atoms with Crippen molar-refractivity contribution in [3.63, 3.8) is 0 Å². The second-order valence-corrected chi connectivity index (χ2v) is 5.31. The lowest BCUT2D eigenvalue weighted by Gasteiger charge is -2.27. The van der Waals surface area contributed by atoms with Crippen molar-refractivity contribution in [3.8, 4) is 0 Å². The molecule has 14 heavy (non-hydrogen) atoms. The predicted molar refractivity (Wildman–Crippen MR) is 62.6 cm³/mol. The van der Waals surface area contributed by atoms with Gasteiger partial charge >= 0.3 is 0 Å². The average Bonchev–Trinajstić information content (AvgIpc) is 1.95. The Labute approximate surface area is 89.4 Å². The molecule has 0 radical (unpaired) electrons. The first-order valence-electron chi connectivity index (χ1n) is 5.71. The van der Waals surface area contributed by atoms with Crippen LogP contribution < -0.4 is 5.32 Å². The summed E-state index contributed by atoms with van der Waals surface area (Å²) < 4.78 is 5.83. The fraction of sp³-hybridized carbons (Fsp3) is 1.00.